The summed E-state index contributed by atoms with van der Waals surface area (Å²) in [5, 5.41) is 0. The molecule has 1 amide bonds. The second-order valence-corrected chi connectivity index (χ2v) is 5.91. The van der Waals surface area contributed by atoms with Crippen LogP contribution in [0.25, 0.3) is 0 Å². The van der Waals surface area contributed by atoms with E-state index in [9.17, 15) is 13.2 Å². The summed E-state index contributed by atoms with van der Waals surface area (Å²) in [5.74, 6) is -0.168. The van der Waals surface area contributed by atoms with Crippen LogP contribution in [0.4, 0.5) is 4.79 Å². The van der Waals surface area contributed by atoms with Crippen LogP contribution in [-0.4, -0.2) is 32.1 Å². The number of amides is 1. The number of hydrogen-bond acceptors (Lipinski definition) is 5. The predicted octanol–water partition coefficient (Wildman–Crippen LogP) is 0.0217. The molecular formula is C9H17N3O4S2. The maximum Gasteiger partial charge on any atom is 0.421 e. The van der Waals surface area contributed by atoms with E-state index in [-0.39, 0.29) is 23.6 Å². The van der Waals surface area contributed by atoms with Crippen molar-refractivity contribution >= 4 is 33.5 Å². The van der Waals surface area contributed by atoms with Crippen LogP contribution in [0, 0.1) is 5.92 Å². The summed E-state index contributed by atoms with van der Waals surface area (Å²) >= 11 is 4.88. The Balaban J connectivity index is 2.60. The van der Waals surface area contributed by atoms with Crippen molar-refractivity contribution in [1.29, 1.82) is 0 Å². The van der Waals surface area contributed by atoms with Gasteiger partial charge in [0.15, 0.2) is 0 Å². The van der Waals surface area contributed by atoms with Crippen LogP contribution >= 0.6 is 12.2 Å². The molecule has 2 unspecified atom stereocenters. The van der Waals surface area contributed by atoms with Gasteiger partial charge in [0.05, 0.1) is 11.6 Å². The maximum atomic E-state index is 11.6. The second-order valence-electron chi connectivity index (χ2n) is 3.99. The lowest BCUT2D eigenvalue weighted by Gasteiger charge is -2.19. The van der Waals surface area contributed by atoms with Gasteiger partial charge in [0.1, 0.15) is 0 Å². The van der Waals surface area contributed by atoms with Crippen molar-refractivity contribution in [1.82, 2.24) is 9.44 Å². The van der Waals surface area contributed by atoms with Gasteiger partial charge in [-0.1, -0.05) is 18.6 Å². The zero-order valence-corrected chi connectivity index (χ0v) is 11.6. The SMILES string of the molecule is CCOC(=O)NS(=O)(=O)NC1CCCC1C(N)=S. The molecule has 18 heavy (non-hydrogen) atoms. The molecule has 0 heterocycles. The molecule has 1 aliphatic rings. The number of ether oxygens (including phenoxy) is 1. The fourth-order valence-corrected chi connectivity index (χ4v) is 3.24. The zero-order chi connectivity index (χ0) is 13.8. The predicted molar refractivity (Wildman–Crippen MR) is 70.1 cm³/mol. The van der Waals surface area contributed by atoms with E-state index in [1.165, 1.54) is 0 Å². The van der Waals surface area contributed by atoms with Gasteiger partial charge >= 0.3 is 16.3 Å². The smallest absolute Gasteiger partial charge is 0.421 e. The van der Waals surface area contributed by atoms with Gasteiger partial charge in [0.2, 0.25) is 0 Å². The average molecular weight is 295 g/mol. The summed E-state index contributed by atoms with van der Waals surface area (Å²) in [5.41, 5.74) is 5.54. The largest absolute Gasteiger partial charge is 0.449 e. The Kier molecular flexibility index (Phi) is 5.29. The lowest BCUT2D eigenvalue weighted by Crippen LogP contribution is -2.48. The molecule has 4 N–H and O–H groups in total. The summed E-state index contributed by atoms with van der Waals surface area (Å²) in [6.45, 7) is 1.68. The van der Waals surface area contributed by atoms with E-state index >= 15 is 0 Å². The lowest BCUT2D eigenvalue weighted by molar-refractivity contribution is 0.158. The van der Waals surface area contributed by atoms with Crippen LogP contribution in [0.2, 0.25) is 0 Å². The fraction of sp³-hybridized carbons (Fsp3) is 0.778. The molecule has 1 fully saturated rings. The summed E-state index contributed by atoms with van der Waals surface area (Å²) < 4.78 is 31.9. The third kappa shape index (κ3) is 4.39. The quantitative estimate of drug-likeness (QED) is 0.617. The number of thiocarbonyl (C=S) groups is 1. The Bertz CT molecular complexity index is 424. The third-order valence-corrected chi connectivity index (χ3v) is 4.03. The van der Waals surface area contributed by atoms with Crippen molar-refractivity contribution in [3.8, 4) is 0 Å². The molecule has 0 aromatic heterocycles. The summed E-state index contributed by atoms with van der Waals surface area (Å²) in [6.07, 6.45) is 1.23. The number of hydrogen-bond donors (Lipinski definition) is 3. The lowest BCUT2D eigenvalue weighted by atomic mass is 10.1. The molecule has 0 aliphatic heterocycles. The van der Waals surface area contributed by atoms with Gasteiger partial charge in [-0.3, -0.25) is 0 Å². The number of carbonyl (C=O) groups is 1. The van der Waals surface area contributed by atoms with Crippen molar-refractivity contribution in [3.05, 3.63) is 0 Å². The molecule has 1 saturated carbocycles. The summed E-state index contributed by atoms with van der Waals surface area (Å²) in [4.78, 5) is 11.3. The second kappa shape index (κ2) is 6.30. The van der Waals surface area contributed by atoms with Crippen LogP contribution in [-0.2, 0) is 14.9 Å². The minimum Gasteiger partial charge on any atom is -0.449 e. The molecular weight excluding hydrogens is 278 g/mol. The molecule has 1 aliphatic carbocycles. The highest BCUT2D eigenvalue weighted by Gasteiger charge is 2.33. The van der Waals surface area contributed by atoms with E-state index in [0.29, 0.717) is 6.42 Å². The molecule has 0 aromatic rings. The number of nitrogens with one attached hydrogen (secondary N) is 2. The van der Waals surface area contributed by atoms with Crippen LogP contribution in [0.3, 0.4) is 0 Å². The Labute approximate surface area is 112 Å². The monoisotopic (exact) mass is 295 g/mol. The fourth-order valence-electron chi connectivity index (χ4n) is 1.94. The van der Waals surface area contributed by atoms with Gasteiger partial charge in [-0.25, -0.2) is 9.52 Å². The van der Waals surface area contributed by atoms with Gasteiger partial charge in [0, 0.05) is 12.0 Å². The minimum atomic E-state index is -3.94. The first-order valence-electron chi connectivity index (χ1n) is 5.62. The third-order valence-electron chi connectivity index (χ3n) is 2.68. The Morgan fingerprint density at radius 2 is 2.17 bits per heavy atom. The molecule has 2 atom stereocenters. The van der Waals surface area contributed by atoms with Crippen molar-refractivity contribution in [2.24, 2.45) is 11.7 Å². The number of carbonyl (C=O) groups excluding carboxylic acids is 1. The van der Waals surface area contributed by atoms with E-state index < -0.39 is 16.3 Å². The maximum absolute atomic E-state index is 11.6. The van der Waals surface area contributed by atoms with E-state index in [1.54, 1.807) is 11.6 Å². The Hall–Kier alpha value is -0.930. The molecule has 9 heteroatoms. The van der Waals surface area contributed by atoms with E-state index in [4.69, 9.17) is 18.0 Å². The summed E-state index contributed by atoms with van der Waals surface area (Å²) in [6, 6.07) is -0.366. The van der Waals surface area contributed by atoms with Gasteiger partial charge in [-0.15, -0.1) is 0 Å². The molecule has 1 rings (SSSR count). The first-order valence-corrected chi connectivity index (χ1v) is 7.51. The van der Waals surface area contributed by atoms with E-state index in [2.05, 4.69) is 9.46 Å². The summed E-state index contributed by atoms with van der Waals surface area (Å²) in [7, 11) is -3.94. The van der Waals surface area contributed by atoms with Crippen LogP contribution in [0.1, 0.15) is 26.2 Å². The highest BCUT2D eigenvalue weighted by Crippen LogP contribution is 2.26. The van der Waals surface area contributed by atoms with Crippen LogP contribution in [0.15, 0.2) is 0 Å². The van der Waals surface area contributed by atoms with Gasteiger partial charge in [0.25, 0.3) is 0 Å². The molecule has 0 radical (unpaired) electrons. The first kappa shape index (κ1) is 15.1. The first-order chi connectivity index (χ1) is 8.35. The molecule has 0 bridgehead atoms. The van der Waals surface area contributed by atoms with Gasteiger partial charge < -0.3 is 10.5 Å². The zero-order valence-electron chi connectivity index (χ0n) is 10.0. The van der Waals surface area contributed by atoms with Gasteiger partial charge in [-0.2, -0.15) is 13.1 Å². The van der Waals surface area contributed by atoms with E-state index in [0.717, 1.165) is 12.8 Å². The highest BCUT2D eigenvalue weighted by atomic mass is 32.2. The normalized spacial score (nSPS) is 23.6. The van der Waals surface area contributed by atoms with E-state index in [1.807, 2.05) is 0 Å². The van der Waals surface area contributed by atoms with Crippen molar-refractivity contribution < 1.29 is 17.9 Å². The molecule has 0 saturated heterocycles. The van der Waals surface area contributed by atoms with Crippen LogP contribution < -0.4 is 15.2 Å². The Morgan fingerprint density at radius 3 is 2.72 bits per heavy atom. The number of nitrogens with two attached hydrogens (primary N) is 1. The minimum absolute atomic E-state index is 0.0975. The average Bonchev–Trinajstić information content (AvgIpc) is 2.63. The number of rotatable bonds is 5. The van der Waals surface area contributed by atoms with Crippen molar-refractivity contribution in [2.45, 2.75) is 32.2 Å². The topological polar surface area (TPSA) is 111 Å². The molecule has 0 spiro atoms. The molecule has 104 valence electrons. The van der Waals surface area contributed by atoms with Crippen molar-refractivity contribution in [3.63, 3.8) is 0 Å². The standard InChI is InChI=1S/C9H17N3O4S2/c1-2-16-9(13)12-18(14,15)11-7-5-3-4-6(7)8(10)17/h6-7,11H,2-5H2,1H3,(H2,10,17)(H,12,13). The molecule has 0 aromatic carbocycles. The van der Waals surface area contributed by atoms with Crippen molar-refractivity contribution in [2.75, 3.05) is 6.61 Å². The van der Waals surface area contributed by atoms with Gasteiger partial charge in [-0.05, 0) is 19.8 Å². The highest BCUT2D eigenvalue weighted by molar-refractivity contribution is 7.88. The van der Waals surface area contributed by atoms with Crippen LogP contribution in [0.5, 0.6) is 0 Å². The Morgan fingerprint density at radius 1 is 1.50 bits per heavy atom. The molecule has 7 nitrogen and oxygen atoms in total.